The molecule has 0 saturated heterocycles. The summed E-state index contributed by atoms with van der Waals surface area (Å²) in [6.07, 6.45) is 0. The molecule has 0 aromatic heterocycles. The molecule has 18 rings (SSSR count). The molecule has 12 aromatic carbocycles. The van der Waals surface area contributed by atoms with Gasteiger partial charge in [-0.2, -0.15) is 0 Å². The van der Waals surface area contributed by atoms with Crippen LogP contribution in [-0.2, 0) is 4.74 Å². The number of nitrogens with zero attached hydrogens (tertiary/aromatic N) is 4. The van der Waals surface area contributed by atoms with Gasteiger partial charge in [0.2, 0.25) is 0 Å². The smallest absolute Gasteiger partial charge is 0.346 e. The molecule has 6 heterocycles. The van der Waals surface area contributed by atoms with Crippen LogP contribution in [0.2, 0.25) is 0 Å². The van der Waals surface area contributed by atoms with Crippen molar-refractivity contribution in [3.63, 3.8) is 0 Å². The predicted octanol–water partition coefficient (Wildman–Crippen LogP) is 21.0. The van der Waals surface area contributed by atoms with Crippen LogP contribution in [0, 0.1) is 0 Å². The van der Waals surface area contributed by atoms with E-state index in [-0.39, 0.29) is 23.6 Å². The Morgan fingerprint density at radius 1 is 0.265 bits per heavy atom. The molecule has 16 nitrogen and oxygen atoms in total. The van der Waals surface area contributed by atoms with Crippen molar-refractivity contribution in [2.75, 3.05) is 30.7 Å². The van der Waals surface area contributed by atoms with E-state index in [4.69, 9.17) is 19.9 Å². The van der Waals surface area contributed by atoms with Gasteiger partial charge >= 0.3 is 11.9 Å². The summed E-state index contributed by atoms with van der Waals surface area (Å²) in [7, 11) is 0. The van der Waals surface area contributed by atoms with Gasteiger partial charge in [-0.25, -0.2) is 19.4 Å². The van der Waals surface area contributed by atoms with Crippen LogP contribution in [0.15, 0.2) is 291 Å². The molecule has 0 saturated carbocycles. The molecule has 20 heteroatoms. The first-order valence-corrected chi connectivity index (χ1v) is 33.4. The third kappa shape index (κ3) is 12.7. The first-order chi connectivity index (χ1) is 47.6. The number of nitrogen functional groups attached to an aromatic ring is 1. The molecule has 6 aliphatic heterocycles. The fourth-order valence-electron chi connectivity index (χ4n) is 11.6. The van der Waals surface area contributed by atoms with Gasteiger partial charge < -0.3 is 39.8 Å². The second-order valence-corrected chi connectivity index (χ2v) is 25.9. The molecule has 0 fully saturated rings. The largest absolute Gasteiger partial charge is 0.453 e. The van der Waals surface area contributed by atoms with Gasteiger partial charge in [0.25, 0.3) is 23.6 Å². The SMILES string of the molecule is Nc1cc(Br)cc(Br)c1.O=C1OC(=O)c2ccccc21.O=C1c2ccccc2C(=O)N1c1cc(Br)cc(Br)c1.O=C1c2ccccc2C(=O)N1c1cc(N2c3ccccc3Oc3ccccc32)cc(N2c3ccccc3Oc3ccccc32)c1.c1ccc2c(c1)Nc1ccccc1O2. The van der Waals surface area contributed by atoms with E-state index in [1.54, 1.807) is 84.9 Å². The maximum Gasteiger partial charge on any atom is 0.346 e. The molecule has 0 radical (unpaired) electrons. The van der Waals surface area contributed by atoms with Gasteiger partial charge in [0.1, 0.15) is 0 Å². The quantitative estimate of drug-likeness (QED) is 0.0732. The molecular formula is C78H48Br4N6O10. The number of cyclic esters (lactones) is 2. The number of nitrogens with one attached hydrogen (secondary N) is 1. The summed E-state index contributed by atoms with van der Waals surface area (Å²) in [4.78, 5) is 80.6. The molecule has 0 aliphatic carbocycles. The van der Waals surface area contributed by atoms with Crippen LogP contribution in [0.3, 0.4) is 0 Å². The van der Waals surface area contributed by atoms with Gasteiger partial charge in [0.15, 0.2) is 34.5 Å². The van der Waals surface area contributed by atoms with E-state index >= 15 is 0 Å². The third-order valence-electron chi connectivity index (χ3n) is 15.9. The highest BCUT2D eigenvalue weighted by Gasteiger charge is 2.40. The van der Waals surface area contributed by atoms with Crippen LogP contribution in [0.25, 0.3) is 0 Å². The van der Waals surface area contributed by atoms with Crippen molar-refractivity contribution in [3.8, 4) is 34.5 Å². The minimum atomic E-state index is -0.550. The fraction of sp³-hybridized carbons (Fsp3) is 0. The van der Waals surface area contributed by atoms with E-state index in [2.05, 4.69) is 89.6 Å². The topological polar surface area (TPSA) is 190 Å². The number of para-hydroxylation sites is 12. The van der Waals surface area contributed by atoms with Crippen molar-refractivity contribution in [2.45, 2.75) is 0 Å². The maximum atomic E-state index is 13.8. The molecular weight excluding hydrogens is 1500 g/mol. The highest BCUT2D eigenvalue weighted by molar-refractivity contribution is 9.11. The Hall–Kier alpha value is -11.4. The summed E-state index contributed by atoms with van der Waals surface area (Å²) in [5.74, 6) is 2.17. The van der Waals surface area contributed by atoms with Crippen LogP contribution < -0.4 is 44.9 Å². The first kappa shape index (κ1) is 63.9. The standard InChI is InChI=1S/C38H23N3O4.C14H7Br2NO2.C12H9NO.C8H4O3.C6H5Br2N/c42-37-27-11-1-2-12-28(27)38(43)41(37)26-22-24(39-29-13-3-7-17-33(29)44-34-18-8-4-14-30(34)39)21-25(23-26)40-31-15-5-9-19-35(31)45-36-20-10-6-16-32(36)40;15-8-5-9(16)7-10(6-8)17-13(18)11-3-1-2-4-12(11)14(17)19;1-3-7-11-9(5-1)13-10-6-2-4-8-12(10)14-11;9-7-5-3-1-2-4-6(5)8(10)11-7;7-4-1-5(8)3-6(9)2-4/h1-23H;1-7H;1-8,13H;1-4H;1-3H,9H2. The number of imide groups is 2. The van der Waals surface area contributed by atoms with Gasteiger partial charge in [-0.05, 0) is 164 Å². The fourth-order valence-corrected chi connectivity index (χ4v) is 14.2. The number of esters is 2. The average Bonchev–Trinajstić information content (AvgIpc) is 0.772. The van der Waals surface area contributed by atoms with Crippen molar-refractivity contribution < 1.29 is 47.7 Å². The zero-order chi connectivity index (χ0) is 67.7. The monoisotopic (exact) mass is 1540 g/mol. The molecule has 12 aromatic rings. The van der Waals surface area contributed by atoms with Gasteiger partial charge in [0.05, 0.1) is 90.3 Å². The van der Waals surface area contributed by atoms with E-state index in [1.807, 2.05) is 182 Å². The average molecular weight is 1550 g/mol. The lowest BCUT2D eigenvalue weighted by atomic mass is 10.1. The van der Waals surface area contributed by atoms with E-state index in [0.717, 1.165) is 80.6 Å². The third-order valence-corrected chi connectivity index (χ3v) is 17.8. The van der Waals surface area contributed by atoms with E-state index < -0.39 is 11.9 Å². The lowest BCUT2D eigenvalue weighted by Gasteiger charge is -2.36. The van der Waals surface area contributed by atoms with E-state index in [1.165, 1.54) is 9.80 Å². The van der Waals surface area contributed by atoms with E-state index in [9.17, 15) is 28.8 Å². The second-order valence-electron chi connectivity index (χ2n) is 22.2. The Morgan fingerprint density at radius 3 is 0.857 bits per heavy atom. The number of anilines is 11. The number of benzene rings is 12. The number of carbonyl (C=O) groups is 6. The Balaban J connectivity index is 0.000000125. The molecule has 0 atom stereocenters. The summed E-state index contributed by atoms with van der Waals surface area (Å²) in [5.41, 5.74) is 16.5. The number of nitrogens with two attached hydrogens (primary N) is 1. The number of fused-ring (bicyclic) bond motifs is 9. The second kappa shape index (κ2) is 27.4. The van der Waals surface area contributed by atoms with Crippen molar-refractivity contribution in [1.82, 2.24) is 0 Å². The molecule has 4 amide bonds. The minimum Gasteiger partial charge on any atom is -0.453 e. The summed E-state index contributed by atoms with van der Waals surface area (Å²) < 4.78 is 26.2. The Morgan fingerprint density at radius 2 is 0.520 bits per heavy atom. The Labute approximate surface area is 594 Å². The van der Waals surface area contributed by atoms with Crippen molar-refractivity contribution in [1.29, 1.82) is 0 Å². The van der Waals surface area contributed by atoms with Gasteiger partial charge in [-0.3, -0.25) is 19.2 Å². The summed E-state index contributed by atoms with van der Waals surface area (Å²) >= 11 is 13.3. The number of ether oxygens (including phenoxy) is 4. The van der Waals surface area contributed by atoms with Gasteiger partial charge in [-0.15, -0.1) is 0 Å². The summed E-state index contributed by atoms with van der Waals surface area (Å²) in [6, 6.07) is 84.3. The zero-order valence-electron chi connectivity index (χ0n) is 50.9. The zero-order valence-corrected chi connectivity index (χ0v) is 57.3. The lowest BCUT2D eigenvalue weighted by molar-refractivity contribution is 0.0442. The number of halogens is 4. The van der Waals surface area contributed by atoms with Gasteiger partial charge in [0, 0.05) is 23.6 Å². The minimum absolute atomic E-state index is 0.286. The van der Waals surface area contributed by atoms with Crippen LogP contribution in [-0.4, -0.2) is 35.6 Å². The molecule has 0 bridgehead atoms. The molecule has 0 spiro atoms. The van der Waals surface area contributed by atoms with E-state index in [0.29, 0.717) is 67.8 Å². The maximum absolute atomic E-state index is 13.8. The number of hydrogen-bond acceptors (Lipinski definition) is 14. The van der Waals surface area contributed by atoms with Gasteiger partial charge in [-0.1, -0.05) is 173 Å². The number of hydrogen-bond donors (Lipinski definition) is 2. The number of rotatable bonds is 4. The summed E-state index contributed by atoms with van der Waals surface area (Å²) in [6.45, 7) is 0. The van der Waals surface area contributed by atoms with Crippen molar-refractivity contribution in [3.05, 3.63) is 324 Å². The normalized spacial score (nSPS) is 13.4. The van der Waals surface area contributed by atoms with Crippen molar-refractivity contribution in [2.24, 2.45) is 0 Å². The molecule has 98 heavy (non-hydrogen) atoms. The van der Waals surface area contributed by atoms with Crippen LogP contribution in [0.4, 0.5) is 62.6 Å². The predicted molar refractivity (Wildman–Crippen MR) is 392 cm³/mol. The highest BCUT2D eigenvalue weighted by atomic mass is 79.9. The molecule has 478 valence electrons. The molecule has 6 aliphatic rings. The molecule has 3 N–H and O–H groups in total. The number of carbonyl (C=O) groups excluding carboxylic acids is 6. The van der Waals surface area contributed by atoms with Crippen LogP contribution in [0.1, 0.15) is 62.1 Å². The highest BCUT2D eigenvalue weighted by Crippen LogP contribution is 2.55. The first-order valence-electron chi connectivity index (χ1n) is 30.2. The van der Waals surface area contributed by atoms with Crippen LogP contribution >= 0.6 is 63.7 Å². The number of amides is 4. The Kier molecular flexibility index (Phi) is 17.9. The van der Waals surface area contributed by atoms with Crippen molar-refractivity contribution >= 4 is 162 Å². The lowest BCUT2D eigenvalue weighted by Crippen LogP contribution is -2.30. The van der Waals surface area contributed by atoms with Crippen LogP contribution in [0.5, 0.6) is 34.5 Å². The Bertz CT molecular complexity index is 4800. The summed E-state index contributed by atoms with van der Waals surface area (Å²) in [5, 5.41) is 3.32. The molecule has 0 unspecified atom stereocenters.